The van der Waals surface area contributed by atoms with Gasteiger partial charge in [-0.05, 0) is 80.5 Å². The Morgan fingerprint density at radius 2 is 2.06 bits per heavy atom. The summed E-state index contributed by atoms with van der Waals surface area (Å²) in [5, 5.41) is 5.68. The molecule has 1 atom stereocenters. The van der Waals surface area contributed by atoms with Crippen LogP contribution in [0, 0.1) is 5.92 Å². The molecule has 0 aliphatic heterocycles. The van der Waals surface area contributed by atoms with Gasteiger partial charge in [-0.2, -0.15) is 5.10 Å². The minimum Gasteiger partial charge on any atom is -0.490 e. The smallest absolute Gasteiger partial charge is 0.271 e. The van der Waals surface area contributed by atoms with Crippen molar-refractivity contribution in [1.82, 2.24) is 10.4 Å². The number of rotatable bonds is 7. The first-order chi connectivity index (χ1) is 15.5. The van der Waals surface area contributed by atoms with E-state index < -0.39 is 0 Å². The van der Waals surface area contributed by atoms with Crippen LogP contribution in [0.4, 0.5) is 0 Å². The molecule has 1 aliphatic rings. The fourth-order valence-electron chi connectivity index (χ4n) is 4.17. The minimum absolute atomic E-state index is 0.260. The first kappa shape index (κ1) is 22.2. The summed E-state index contributed by atoms with van der Waals surface area (Å²) in [4.78, 5) is 16.2. The number of aromatic nitrogens is 1. The predicted molar refractivity (Wildman–Crippen MR) is 128 cm³/mol. The topological polar surface area (TPSA) is 75.7 Å². The summed E-state index contributed by atoms with van der Waals surface area (Å²) in [6, 6.07) is 9.25. The molecule has 0 spiro atoms. The van der Waals surface area contributed by atoms with Crippen molar-refractivity contribution >= 4 is 34.6 Å². The number of carbonyl (C=O) groups excluding carboxylic acids is 1. The second kappa shape index (κ2) is 9.65. The highest BCUT2D eigenvalue weighted by atomic mass is 35.5. The molecule has 1 aromatic heterocycles. The highest BCUT2D eigenvalue weighted by Gasteiger charge is 2.20. The molecule has 0 bridgehead atoms. The number of aromatic amines is 1. The van der Waals surface area contributed by atoms with E-state index in [1.54, 1.807) is 18.3 Å². The van der Waals surface area contributed by atoms with Crippen molar-refractivity contribution in [2.75, 3.05) is 13.2 Å². The maximum Gasteiger partial charge on any atom is 0.271 e. The molecule has 2 N–H and O–H groups in total. The van der Waals surface area contributed by atoms with Gasteiger partial charge in [0.05, 0.1) is 24.5 Å². The number of aryl methyl sites for hydroxylation is 1. The van der Waals surface area contributed by atoms with E-state index in [1.807, 2.05) is 32.0 Å². The first-order valence-electron chi connectivity index (χ1n) is 11.1. The molecule has 32 heavy (non-hydrogen) atoms. The zero-order chi connectivity index (χ0) is 22.7. The molecule has 0 saturated carbocycles. The Labute approximate surface area is 192 Å². The summed E-state index contributed by atoms with van der Waals surface area (Å²) in [6.45, 7) is 7.02. The van der Waals surface area contributed by atoms with Gasteiger partial charge < -0.3 is 14.5 Å². The van der Waals surface area contributed by atoms with Crippen LogP contribution in [-0.2, 0) is 12.8 Å². The van der Waals surface area contributed by atoms with Gasteiger partial charge in [-0.15, -0.1) is 0 Å². The SMILES string of the molecule is CCOc1cc(/C=N\NC(=O)c2ccc3[nH]c4c(c3c2)CC(C)CC4)cc(Cl)c1OCC. The lowest BCUT2D eigenvalue weighted by Gasteiger charge is -2.18. The van der Waals surface area contributed by atoms with Crippen molar-refractivity contribution in [2.24, 2.45) is 11.0 Å². The van der Waals surface area contributed by atoms with Crippen molar-refractivity contribution in [3.63, 3.8) is 0 Å². The average Bonchev–Trinajstić information content (AvgIpc) is 3.13. The lowest BCUT2D eigenvalue weighted by atomic mass is 9.87. The molecular formula is C25H28ClN3O3. The van der Waals surface area contributed by atoms with E-state index in [-0.39, 0.29) is 5.91 Å². The fourth-order valence-corrected chi connectivity index (χ4v) is 4.45. The molecule has 3 aromatic rings. The van der Waals surface area contributed by atoms with Crippen molar-refractivity contribution in [3.05, 3.63) is 57.7 Å². The molecule has 7 heteroatoms. The Morgan fingerprint density at radius 1 is 1.25 bits per heavy atom. The van der Waals surface area contributed by atoms with Crippen molar-refractivity contribution in [1.29, 1.82) is 0 Å². The van der Waals surface area contributed by atoms with E-state index in [9.17, 15) is 4.79 Å². The van der Waals surface area contributed by atoms with Gasteiger partial charge in [0.2, 0.25) is 0 Å². The number of halogens is 1. The molecule has 168 valence electrons. The predicted octanol–water partition coefficient (Wildman–Crippen LogP) is 5.51. The van der Waals surface area contributed by atoms with Gasteiger partial charge in [-0.25, -0.2) is 5.43 Å². The normalized spacial score (nSPS) is 15.7. The number of ether oxygens (including phenoxy) is 2. The number of hydrogen-bond donors (Lipinski definition) is 2. The summed E-state index contributed by atoms with van der Waals surface area (Å²) in [5.74, 6) is 1.45. The Hall–Kier alpha value is -2.99. The van der Waals surface area contributed by atoms with E-state index in [1.165, 1.54) is 17.7 Å². The quantitative estimate of drug-likeness (QED) is 0.366. The lowest BCUT2D eigenvalue weighted by molar-refractivity contribution is 0.0955. The van der Waals surface area contributed by atoms with E-state index in [2.05, 4.69) is 22.4 Å². The second-order valence-corrected chi connectivity index (χ2v) is 8.49. The Morgan fingerprint density at radius 3 is 2.84 bits per heavy atom. The van der Waals surface area contributed by atoms with Crippen LogP contribution in [-0.4, -0.2) is 30.3 Å². The van der Waals surface area contributed by atoms with Crippen molar-refractivity contribution in [2.45, 2.75) is 40.0 Å². The fraction of sp³-hybridized carbons (Fsp3) is 0.360. The van der Waals surface area contributed by atoms with Gasteiger partial charge in [0.1, 0.15) is 0 Å². The van der Waals surface area contributed by atoms with Crippen LogP contribution in [0.2, 0.25) is 5.02 Å². The summed E-state index contributed by atoms with van der Waals surface area (Å²) in [6.07, 6.45) is 4.84. The van der Waals surface area contributed by atoms with Gasteiger partial charge in [-0.3, -0.25) is 4.79 Å². The third-order valence-corrected chi connectivity index (χ3v) is 5.98. The van der Waals surface area contributed by atoms with Crippen molar-refractivity contribution < 1.29 is 14.3 Å². The molecule has 2 aromatic carbocycles. The van der Waals surface area contributed by atoms with Crippen LogP contribution in [0.5, 0.6) is 11.5 Å². The number of hydrazone groups is 1. The lowest BCUT2D eigenvalue weighted by Crippen LogP contribution is -2.17. The highest BCUT2D eigenvalue weighted by Crippen LogP contribution is 2.36. The number of carbonyl (C=O) groups is 1. The highest BCUT2D eigenvalue weighted by molar-refractivity contribution is 6.32. The third-order valence-electron chi connectivity index (χ3n) is 5.70. The van der Waals surface area contributed by atoms with Gasteiger partial charge in [-0.1, -0.05) is 18.5 Å². The molecule has 0 saturated heterocycles. The molecule has 1 unspecified atom stereocenters. The summed E-state index contributed by atoms with van der Waals surface area (Å²) >= 11 is 6.34. The Bertz CT molecular complexity index is 1170. The molecule has 1 amide bonds. The third kappa shape index (κ3) is 4.60. The number of amides is 1. The zero-order valence-corrected chi connectivity index (χ0v) is 19.4. The molecule has 4 rings (SSSR count). The van der Waals surface area contributed by atoms with Gasteiger partial charge in [0, 0.05) is 22.2 Å². The van der Waals surface area contributed by atoms with E-state index >= 15 is 0 Å². The van der Waals surface area contributed by atoms with Gasteiger partial charge in [0.15, 0.2) is 11.5 Å². The standard InChI is InChI=1S/C25H28ClN3O3/c1-4-31-23-12-16(11-20(26)24(23)32-5-2)14-27-29-25(30)17-7-9-22-19(13-17)18-10-15(3)6-8-21(18)28-22/h7,9,11-15,28H,4-6,8,10H2,1-3H3,(H,29,30)/b27-14-. The molecule has 6 nitrogen and oxygen atoms in total. The van der Waals surface area contributed by atoms with Gasteiger partial charge >= 0.3 is 0 Å². The number of hydrogen-bond acceptors (Lipinski definition) is 4. The number of H-pyrrole nitrogens is 1. The molecule has 0 fully saturated rings. The van der Waals surface area contributed by atoms with Crippen molar-refractivity contribution in [3.8, 4) is 11.5 Å². The van der Waals surface area contributed by atoms with Crippen LogP contribution >= 0.6 is 11.6 Å². The summed E-state index contributed by atoms with van der Waals surface area (Å²) in [5.41, 5.74) is 7.60. The summed E-state index contributed by atoms with van der Waals surface area (Å²) in [7, 11) is 0. The Kier molecular flexibility index (Phi) is 6.70. The average molecular weight is 454 g/mol. The maximum absolute atomic E-state index is 12.7. The van der Waals surface area contributed by atoms with Crippen LogP contribution in [0.25, 0.3) is 10.9 Å². The van der Waals surface area contributed by atoms with E-state index in [4.69, 9.17) is 21.1 Å². The minimum atomic E-state index is -0.260. The van der Waals surface area contributed by atoms with Crippen LogP contribution in [0.15, 0.2) is 35.4 Å². The monoisotopic (exact) mass is 453 g/mol. The van der Waals surface area contributed by atoms with E-state index in [0.29, 0.717) is 46.8 Å². The largest absolute Gasteiger partial charge is 0.490 e. The Balaban J connectivity index is 1.51. The van der Waals surface area contributed by atoms with Crippen LogP contribution in [0.1, 0.15) is 54.4 Å². The number of benzene rings is 2. The number of nitrogens with one attached hydrogen (secondary N) is 2. The molecule has 0 radical (unpaired) electrons. The molecular weight excluding hydrogens is 426 g/mol. The number of nitrogens with zero attached hydrogens (tertiary/aromatic N) is 1. The van der Waals surface area contributed by atoms with Crippen LogP contribution < -0.4 is 14.9 Å². The van der Waals surface area contributed by atoms with Crippen LogP contribution in [0.3, 0.4) is 0 Å². The summed E-state index contributed by atoms with van der Waals surface area (Å²) < 4.78 is 11.2. The van der Waals surface area contributed by atoms with Gasteiger partial charge in [0.25, 0.3) is 5.91 Å². The molecule has 1 aliphatic carbocycles. The van der Waals surface area contributed by atoms with E-state index in [0.717, 1.165) is 23.7 Å². The maximum atomic E-state index is 12.7. The second-order valence-electron chi connectivity index (χ2n) is 8.09. The number of fused-ring (bicyclic) bond motifs is 3. The zero-order valence-electron chi connectivity index (χ0n) is 18.6. The molecule has 1 heterocycles. The first-order valence-corrected chi connectivity index (χ1v) is 11.4.